The first-order chi connectivity index (χ1) is 8.08. The molecule has 4 atom stereocenters. The van der Waals surface area contributed by atoms with Crippen molar-refractivity contribution < 1.29 is 19.5 Å². The zero-order valence-electron chi connectivity index (χ0n) is 9.20. The molecule has 0 spiro atoms. The summed E-state index contributed by atoms with van der Waals surface area (Å²) in [6.07, 6.45) is 4.83. The second kappa shape index (κ2) is 3.42. The van der Waals surface area contributed by atoms with Crippen LogP contribution < -0.4 is 0 Å². The Hall–Kier alpha value is -1.65. The molecule has 0 aromatic rings. The van der Waals surface area contributed by atoms with Crippen LogP contribution in [0.4, 0.5) is 0 Å². The summed E-state index contributed by atoms with van der Waals surface area (Å²) >= 11 is 0. The van der Waals surface area contributed by atoms with E-state index >= 15 is 0 Å². The van der Waals surface area contributed by atoms with E-state index in [1.165, 1.54) is 17.1 Å². The summed E-state index contributed by atoms with van der Waals surface area (Å²) in [6, 6.07) is -0.204. The number of aliphatic carboxylic acids is 1. The topological polar surface area (TPSA) is 74.7 Å². The van der Waals surface area contributed by atoms with Crippen molar-refractivity contribution in [3.63, 3.8) is 0 Å². The third kappa shape index (κ3) is 1.41. The van der Waals surface area contributed by atoms with Crippen molar-refractivity contribution in [2.24, 2.45) is 17.8 Å². The molecule has 90 valence electrons. The molecule has 2 bridgehead atoms. The highest BCUT2D eigenvalue weighted by Gasteiger charge is 2.53. The fraction of sp³-hybridized carbons (Fsp3) is 0.583. The summed E-state index contributed by atoms with van der Waals surface area (Å²) in [5, 5.41) is 9.12. The number of hydrogen-bond donors (Lipinski definition) is 1. The summed E-state index contributed by atoms with van der Waals surface area (Å²) < 4.78 is 0. The molecule has 2 saturated carbocycles. The molecular weight excluding hydrogens is 222 g/mol. The maximum atomic E-state index is 11.6. The predicted molar refractivity (Wildman–Crippen MR) is 56.7 cm³/mol. The van der Waals surface area contributed by atoms with Gasteiger partial charge >= 0.3 is 5.97 Å². The number of carboxylic acids is 1. The van der Waals surface area contributed by atoms with Gasteiger partial charge in [0, 0.05) is 18.2 Å². The lowest BCUT2D eigenvalue weighted by molar-refractivity contribution is -0.149. The van der Waals surface area contributed by atoms with Crippen molar-refractivity contribution in [2.75, 3.05) is 0 Å². The molecule has 0 radical (unpaired) electrons. The third-order valence-corrected chi connectivity index (χ3v) is 4.27. The van der Waals surface area contributed by atoms with Crippen molar-refractivity contribution in [3.8, 4) is 0 Å². The number of carbonyl (C=O) groups excluding carboxylic acids is 2. The molecule has 5 nitrogen and oxygen atoms in total. The van der Waals surface area contributed by atoms with Crippen LogP contribution >= 0.6 is 0 Å². The van der Waals surface area contributed by atoms with Gasteiger partial charge in [-0.3, -0.25) is 19.3 Å². The molecule has 5 heteroatoms. The molecule has 4 unspecified atom stereocenters. The standard InChI is InChI=1S/C12H13NO4/c14-10-1-2-11(15)13(10)9-5-6-3-7(9)8(4-6)12(16)17/h1-2,6-9H,3-5H2,(H,16,17). The normalized spacial score (nSPS) is 39.4. The van der Waals surface area contributed by atoms with Crippen LogP contribution in [-0.2, 0) is 14.4 Å². The van der Waals surface area contributed by atoms with E-state index in [1.54, 1.807) is 0 Å². The Labute approximate surface area is 98.1 Å². The minimum absolute atomic E-state index is 0.0506. The van der Waals surface area contributed by atoms with Gasteiger partial charge in [-0.1, -0.05) is 0 Å². The first-order valence-corrected chi connectivity index (χ1v) is 5.86. The van der Waals surface area contributed by atoms with Gasteiger partial charge in [-0.25, -0.2) is 0 Å². The van der Waals surface area contributed by atoms with Gasteiger partial charge in [-0.05, 0) is 31.1 Å². The van der Waals surface area contributed by atoms with E-state index in [0.29, 0.717) is 12.3 Å². The second-order valence-corrected chi connectivity index (χ2v) is 5.13. The molecular formula is C12H13NO4. The van der Waals surface area contributed by atoms with Crippen LogP contribution in [0, 0.1) is 17.8 Å². The zero-order chi connectivity index (χ0) is 12.2. The van der Waals surface area contributed by atoms with E-state index in [2.05, 4.69) is 0 Å². The van der Waals surface area contributed by atoms with Crippen LogP contribution in [0.5, 0.6) is 0 Å². The summed E-state index contributed by atoms with van der Waals surface area (Å²) in [7, 11) is 0. The summed E-state index contributed by atoms with van der Waals surface area (Å²) in [6.45, 7) is 0. The Morgan fingerprint density at radius 3 is 2.35 bits per heavy atom. The molecule has 1 aliphatic heterocycles. The van der Waals surface area contributed by atoms with Gasteiger partial charge in [0.2, 0.25) is 0 Å². The largest absolute Gasteiger partial charge is 0.481 e. The van der Waals surface area contributed by atoms with Gasteiger partial charge in [0.1, 0.15) is 0 Å². The van der Waals surface area contributed by atoms with Gasteiger partial charge < -0.3 is 5.11 Å². The van der Waals surface area contributed by atoms with Gasteiger partial charge in [0.05, 0.1) is 5.92 Å². The number of nitrogens with zero attached hydrogens (tertiary/aromatic N) is 1. The second-order valence-electron chi connectivity index (χ2n) is 5.13. The van der Waals surface area contributed by atoms with E-state index in [0.717, 1.165) is 12.8 Å². The van der Waals surface area contributed by atoms with Crippen molar-refractivity contribution in [3.05, 3.63) is 12.2 Å². The molecule has 0 aromatic heterocycles. The number of fused-ring (bicyclic) bond motifs is 2. The van der Waals surface area contributed by atoms with Crippen LogP contribution in [0.25, 0.3) is 0 Å². The Morgan fingerprint density at radius 1 is 1.18 bits per heavy atom. The highest BCUT2D eigenvalue weighted by Crippen LogP contribution is 2.50. The number of imide groups is 1. The SMILES string of the molecule is O=C(O)C1CC2CC1C(N1C(=O)C=CC1=O)C2. The maximum absolute atomic E-state index is 11.6. The van der Waals surface area contributed by atoms with Crippen molar-refractivity contribution >= 4 is 17.8 Å². The van der Waals surface area contributed by atoms with Gasteiger partial charge in [-0.2, -0.15) is 0 Å². The van der Waals surface area contributed by atoms with Crippen LogP contribution in [-0.4, -0.2) is 33.8 Å². The third-order valence-electron chi connectivity index (χ3n) is 4.27. The van der Waals surface area contributed by atoms with E-state index in [4.69, 9.17) is 5.11 Å². The summed E-state index contributed by atoms with van der Waals surface area (Å²) in [5.41, 5.74) is 0. The zero-order valence-corrected chi connectivity index (χ0v) is 9.20. The molecule has 1 N–H and O–H groups in total. The van der Waals surface area contributed by atoms with Crippen LogP contribution in [0.2, 0.25) is 0 Å². The lowest BCUT2D eigenvalue weighted by Gasteiger charge is -2.32. The minimum atomic E-state index is -0.797. The monoisotopic (exact) mass is 235 g/mol. The van der Waals surface area contributed by atoms with E-state index in [-0.39, 0.29) is 29.7 Å². The van der Waals surface area contributed by atoms with Gasteiger partial charge in [-0.15, -0.1) is 0 Å². The van der Waals surface area contributed by atoms with Crippen molar-refractivity contribution in [2.45, 2.75) is 25.3 Å². The van der Waals surface area contributed by atoms with Gasteiger partial charge in [0.25, 0.3) is 11.8 Å². The van der Waals surface area contributed by atoms with E-state index < -0.39 is 5.97 Å². The number of rotatable bonds is 2. The number of carbonyl (C=O) groups is 3. The quantitative estimate of drug-likeness (QED) is 0.703. The van der Waals surface area contributed by atoms with Crippen molar-refractivity contribution in [1.82, 2.24) is 4.90 Å². The summed E-state index contributed by atoms with van der Waals surface area (Å²) in [5.74, 6) is -1.47. The first kappa shape index (κ1) is 10.5. The first-order valence-electron chi connectivity index (χ1n) is 5.86. The van der Waals surface area contributed by atoms with E-state index in [1.807, 2.05) is 0 Å². The maximum Gasteiger partial charge on any atom is 0.306 e. The Kier molecular flexibility index (Phi) is 2.11. The Bertz CT molecular complexity index is 424. The number of carboxylic acid groups (broad SMARTS) is 1. The smallest absolute Gasteiger partial charge is 0.306 e. The molecule has 3 aliphatic rings. The van der Waals surface area contributed by atoms with Crippen LogP contribution in [0.15, 0.2) is 12.2 Å². The molecule has 17 heavy (non-hydrogen) atoms. The molecule has 3 rings (SSSR count). The Morgan fingerprint density at radius 2 is 1.82 bits per heavy atom. The number of hydrogen-bond acceptors (Lipinski definition) is 3. The highest BCUT2D eigenvalue weighted by molar-refractivity contribution is 6.13. The molecule has 2 fully saturated rings. The molecule has 0 aromatic carbocycles. The Balaban J connectivity index is 1.84. The highest BCUT2D eigenvalue weighted by atomic mass is 16.4. The number of amides is 2. The minimum Gasteiger partial charge on any atom is -0.481 e. The summed E-state index contributed by atoms with van der Waals surface area (Å²) in [4.78, 5) is 35.6. The molecule has 0 saturated heterocycles. The molecule has 1 heterocycles. The lowest BCUT2D eigenvalue weighted by atomic mass is 9.84. The van der Waals surface area contributed by atoms with Crippen molar-refractivity contribution in [1.29, 1.82) is 0 Å². The van der Waals surface area contributed by atoms with Crippen LogP contribution in [0.3, 0.4) is 0 Å². The fourth-order valence-electron chi connectivity index (χ4n) is 3.63. The van der Waals surface area contributed by atoms with E-state index in [9.17, 15) is 14.4 Å². The van der Waals surface area contributed by atoms with Gasteiger partial charge in [0.15, 0.2) is 0 Å². The predicted octanol–water partition coefficient (Wildman–Crippen LogP) is 0.411. The molecule has 2 aliphatic carbocycles. The average Bonchev–Trinajstić information content (AvgIpc) is 2.92. The lowest BCUT2D eigenvalue weighted by Crippen LogP contribution is -2.46. The average molecular weight is 235 g/mol. The molecule has 2 amide bonds. The fourth-order valence-corrected chi connectivity index (χ4v) is 3.63. The van der Waals surface area contributed by atoms with Crippen LogP contribution in [0.1, 0.15) is 19.3 Å².